The fourth-order valence-electron chi connectivity index (χ4n) is 10.0. The first kappa shape index (κ1) is 63.9. The fourth-order valence-corrected chi connectivity index (χ4v) is 11.1. The van der Waals surface area contributed by atoms with Crippen molar-refractivity contribution in [2.24, 2.45) is 23.7 Å². The summed E-state index contributed by atoms with van der Waals surface area (Å²) in [6.07, 6.45) is 16.6. The minimum Gasteiger partial charge on any atom is -0.494 e. The van der Waals surface area contributed by atoms with Crippen molar-refractivity contribution in [1.29, 1.82) is 0 Å². The lowest BCUT2D eigenvalue weighted by Gasteiger charge is -2.32. The van der Waals surface area contributed by atoms with Gasteiger partial charge in [-0.15, -0.1) is 0 Å². The van der Waals surface area contributed by atoms with Gasteiger partial charge in [0.15, 0.2) is 0 Å². The lowest BCUT2D eigenvalue weighted by atomic mass is 9.82. The average molecular weight is 1170 g/mol. The molecule has 0 atom stereocenters. The molecule has 0 saturated heterocycles. The first-order chi connectivity index (χ1) is 41.0. The van der Waals surface area contributed by atoms with Crippen molar-refractivity contribution < 1.29 is 66.6 Å². The highest BCUT2D eigenvalue weighted by Crippen LogP contribution is 2.36. The van der Waals surface area contributed by atoms with Crippen molar-refractivity contribution in [2.45, 2.75) is 109 Å². The second kappa shape index (κ2) is 34.8. The average Bonchev–Trinajstić information content (AvgIpc) is 4.12. The molecule has 84 heavy (non-hydrogen) atoms. The smallest absolute Gasteiger partial charge is 0.330 e. The molecule has 0 spiro atoms. The van der Waals surface area contributed by atoms with Crippen LogP contribution in [0.25, 0.3) is 10.2 Å². The Morgan fingerprint density at radius 1 is 0.524 bits per heavy atom. The zero-order valence-corrected chi connectivity index (χ0v) is 49.3. The molecule has 1 heterocycles. The van der Waals surface area contributed by atoms with E-state index in [0.717, 1.165) is 104 Å². The zero-order chi connectivity index (χ0) is 59.3. The Kier molecular flexibility index (Phi) is 26.5. The predicted octanol–water partition coefficient (Wildman–Crippen LogP) is 12.8. The van der Waals surface area contributed by atoms with Crippen LogP contribution >= 0.6 is 11.3 Å². The summed E-state index contributed by atoms with van der Waals surface area (Å²) >= 11 is 1.55. The van der Waals surface area contributed by atoms with Crippen molar-refractivity contribution in [3.8, 4) is 34.5 Å². The number of hydrogen-bond donors (Lipinski definition) is 0. The minimum absolute atomic E-state index is 0.114. The molecule has 5 aromatic rings. The second-order valence-electron chi connectivity index (χ2n) is 21.2. The van der Waals surface area contributed by atoms with Crippen LogP contribution in [0.5, 0.6) is 34.5 Å². The molecular formula is C66H81N3O14S. The van der Waals surface area contributed by atoms with E-state index in [-0.39, 0.29) is 42.2 Å². The molecule has 0 amide bonds. The molecule has 450 valence electrons. The first-order valence-corrected chi connectivity index (χ1v) is 30.3. The van der Waals surface area contributed by atoms with Crippen LogP contribution < -0.4 is 33.4 Å². The Balaban J connectivity index is 0.891. The number of esters is 5. The van der Waals surface area contributed by atoms with E-state index in [0.29, 0.717) is 113 Å². The van der Waals surface area contributed by atoms with E-state index in [1.807, 2.05) is 83.8 Å². The number of benzene rings is 4. The summed E-state index contributed by atoms with van der Waals surface area (Å²) in [5, 5.41) is 4.80. The van der Waals surface area contributed by atoms with Crippen LogP contribution in [0.3, 0.4) is 0 Å². The maximum Gasteiger partial charge on any atom is 0.330 e. The third kappa shape index (κ3) is 21.5. The number of thiazole rings is 1. The molecule has 4 aromatic carbocycles. The Hall–Kier alpha value is -7.70. The summed E-state index contributed by atoms with van der Waals surface area (Å²) in [5.41, 5.74) is 1.76. The van der Waals surface area contributed by atoms with E-state index >= 15 is 0 Å². The van der Waals surface area contributed by atoms with Crippen molar-refractivity contribution in [3.63, 3.8) is 0 Å². The molecule has 7 rings (SSSR count). The second-order valence-corrected chi connectivity index (χ2v) is 22.2. The van der Waals surface area contributed by atoms with Crippen molar-refractivity contribution >= 4 is 56.5 Å². The van der Waals surface area contributed by atoms with E-state index in [9.17, 15) is 24.0 Å². The predicted molar refractivity (Wildman–Crippen MR) is 322 cm³/mol. The topological polar surface area (TPSA) is 188 Å². The van der Waals surface area contributed by atoms with E-state index in [2.05, 4.69) is 19.7 Å². The number of unbranched alkanes of at least 4 members (excludes halogenated alkanes) is 6. The Morgan fingerprint density at radius 3 is 1.48 bits per heavy atom. The van der Waals surface area contributed by atoms with E-state index in [1.54, 1.807) is 35.6 Å². The van der Waals surface area contributed by atoms with E-state index < -0.39 is 17.9 Å². The fraction of sp³-hybridized carbons (Fsp3) is 0.455. The van der Waals surface area contributed by atoms with E-state index in [4.69, 9.17) is 47.6 Å². The maximum atomic E-state index is 13.3. The SMILES string of the molecule is C=CC(=O)OCCCCCCOc1ccc(OC(=O)C2CCC(COc3ccc(OCC4CCC(C(=O)Oc5ccc(OCCCCCCOC(=O)C=C)cc5)CC4)c(CN(C)N(CCOC(=O)C=C)c4nc5ccccc5s4)c3)CC2)cc1. The van der Waals surface area contributed by atoms with Crippen molar-refractivity contribution in [2.75, 3.05) is 64.8 Å². The Morgan fingerprint density at radius 2 is 0.976 bits per heavy atom. The standard InChI is InChI=1S/C66H81N3O14S/c1-5-61(70)77-41-16-10-8-14-39-75-53-28-32-55(33-29-53)82-64(73)50-24-20-48(21-25-50)46-80-57-36-37-59(52(44-57)45-68(4)69(38-43-79-63(72)7-3)66-67-58-18-12-13-19-60(58)84-66)81-47-49-22-26-51(27-23-49)65(74)83-56-34-30-54(31-35-56)76-40-15-9-11-17-42-78-62(71)6-2/h5-7,12-13,18-19,28-37,44,48-51H,1-3,8-11,14-17,20-27,38-43,45-47H2,4H3. The van der Waals surface area contributed by atoms with Gasteiger partial charge in [-0.3, -0.25) is 14.6 Å². The number of ether oxygens (including phenoxy) is 9. The molecular weight excluding hydrogens is 1090 g/mol. The number of para-hydroxylation sites is 1. The molecule has 2 aliphatic carbocycles. The summed E-state index contributed by atoms with van der Waals surface area (Å²) in [6.45, 7) is 14.1. The number of aromatic nitrogens is 1. The van der Waals surface area contributed by atoms with E-state index in [1.165, 1.54) is 12.2 Å². The molecule has 2 saturated carbocycles. The summed E-state index contributed by atoms with van der Waals surface area (Å²) in [7, 11) is 1.97. The number of carbonyl (C=O) groups is 5. The number of hydrazine groups is 1. The molecule has 2 aliphatic rings. The quantitative estimate of drug-likeness (QED) is 0.00919. The highest BCUT2D eigenvalue weighted by Gasteiger charge is 2.30. The molecule has 0 unspecified atom stereocenters. The molecule has 0 radical (unpaired) electrons. The molecule has 0 bridgehead atoms. The van der Waals surface area contributed by atoms with Crippen LogP contribution in [0, 0.1) is 23.7 Å². The van der Waals surface area contributed by atoms with Gasteiger partial charge in [0.1, 0.15) is 41.1 Å². The molecule has 0 aliphatic heterocycles. The van der Waals surface area contributed by atoms with Gasteiger partial charge in [-0.1, -0.05) is 43.2 Å². The molecule has 17 nitrogen and oxygen atoms in total. The third-order valence-corrected chi connectivity index (χ3v) is 16.0. The monoisotopic (exact) mass is 1170 g/mol. The van der Waals surface area contributed by atoms with Crippen molar-refractivity contribution in [3.05, 3.63) is 135 Å². The summed E-state index contributed by atoms with van der Waals surface area (Å²) in [5.74, 6) is 2.09. The number of hydrogen-bond acceptors (Lipinski definition) is 18. The molecule has 0 N–H and O–H groups in total. The molecule has 2 fully saturated rings. The highest BCUT2D eigenvalue weighted by atomic mass is 32.1. The Labute approximate surface area is 497 Å². The van der Waals surface area contributed by atoms with Gasteiger partial charge in [0.05, 0.1) is 68.2 Å². The zero-order valence-electron chi connectivity index (χ0n) is 48.5. The van der Waals surface area contributed by atoms with Crippen molar-refractivity contribution in [1.82, 2.24) is 9.99 Å². The number of nitrogens with zero attached hydrogens (tertiary/aromatic N) is 3. The largest absolute Gasteiger partial charge is 0.494 e. The minimum atomic E-state index is -0.502. The highest BCUT2D eigenvalue weighted by molar-refractivity contribution is 7.22. The van der Waals surface area contributed by atoms with Gasteiger partial charge in [0.2, 0.25) is 5.13 Å². The van der Waals surface area contributed by atoms with Gasteiger partial charge < -0.3 is 42.6 Å². The number of rotatable bonds is 36. The lowest BCUT2D eigenvalue weighted by molar-refractivity contribution is -0.141. The molecule has 18 heteroatoms. The Bertz CT molecular complexity index is 2860. The lowest BCUT2D eigenvalue weighted by Crippen LogP contribution is -2.42. The molecule has 1 aromatic heterocycles. The maximum absolute atomic E-state index is 13.3. The van der Waals surface area contributed by atoms with Gasteiger partial charge in [-0.25, -0.2) is 24.4 Å². The normalized spacial score (nSPS) is 16.6. The number of anilines is 1. The third-order valence-electron chi connectivity index (χ3n) is 14.9. The number of carbonyl (C=O) groups excluding carboxylic acids is 5. The van der Waals surface area contributed by atoms with Crippen LogP contribution in [-0.2, 0) is 44.7 Å². The van der Waals surface area contributed by atoms with Gasteiger partial charge >= 0.3 is 29.8 Å². The number of fused-ring (bicyclic) bond motifs is 1. The summed E-state index contributed by atoms with van der Waals surface area (Å²) < 4.78 is 53.1. The first-order valence-electron chi connectivity index (χ1n) is 29.5. The van der Waals surface area contributed by atoms with Crippen LogP contribution in [0.2, 0.25) is 0 Å². The van der Waals surface area contributed by atoms with Gasteiger partial charge in [0, 0.05) is 37.4 Å². The van der Waals surface area contributed by atoms with Gasteiger partial charge in [0.25, 0.3) is 0 Å². The van der Waals surface area contributed by atoms with Crippen LogP contribution in [0.15, 0.2) is 129 Å². The van der Waals surface area contributed by atoms with Crippen LogP contribution in [0.1, 0.15) is 108 Å². The van der Waals surface area contributed by atoms with Crippen LogP contribution in [0.4, 0.5) is 5.13 Å². The summed E-state index contributed by atoms with van der Waals surface area (Å²) in [6, 6.07) is 28.2. The van der Waals surface area contributed by atoms with Crippen LogP contribution in [-0.4, -0.2) is 99.7 Å². The van der Waals surface area contributed by atoms with Gasteiger partial charge in [-0.05, 0) is 193 Å². The van der Waals surface area contributed by atoms with Gasteiger partial charge in [-0.2, -0.15) is 0 Å². The summed E-state index contributed by atoms with van der Waals surface area (Å²) in [4.78, 5) is 66.0.